The standard InChI is InChI=1S/C40H26Cl8N8O6/c1-17(57)35(55-53-31-9-19(3-5-27(31)45)37(59)49-25-13-21(41)11-22(42)14-25)39(61)51-29-7-8-30(34(48)33(29)47)52-40(62)36(18(2)58)56-54-32-10-20(4-6-28(32)46)38(60)50-26-15-23(43)12-24(44)16-26/h3-16,35-36H,1-2H3,(H,49,59)(H,50,60)(H,51,61)(H,52,62). The number of carbonyl (C=O) groups excluding carboxylic acids is 6. The van der Waals surface area contributed by atoms with Gasteiger partial charge in [0.05, 0.1) is 31.5 Å². The monoisotopic (exact) mass is 994 g/mol. The SMILES string of the molecule is CC(=O)C(N=Nc1cc(C(=O)Nc2cc(Cl)cc(Cl)c2)ccc1Cl)C(=O)Nc1ccc(NC(=O)C(N=Nc2cc(C(=O)Nc3cc(Cl)cc(Cl)c3)ccc2Cl)C(C)=O)c(Cl)c1Cl. The van der Waals surface area contributed by atoms with E-state index in [-0.39, 0.29) is 54.0 Å². The van der Waals surface area contributed by atoms with Crippen molar-refractivity contribution in [2.45, 2.75) is 25.9 Å². The third-order valence-electron chi connectivity index (χ3n) is 8.08. The van der Waals surface area contributed by atoms with Gasteiger partial charge in [0.1, 0.15) is 11.4 Å². The van der Waals surface area contributed by atoms with E-state index in [1.165, 1.54) is 84.9 Å². The summed E-state index contributed by atoms with van der Waals surface area (Å²) in [7, 11) is 0. The molecule has 0 heterocycles. The Hall–Kier alpha value is -5.16. The summed E-state index contributed by atoms with van der Waals surface area (Å²) in [5, 5.41) is 26.6. The molecule has 5 aromatic carbocycles. The van der Waals surface area contributed by atoms with Crippen molar-refractivity contribution in [1.82, 2.24) is 0 Å². The lowest BCUT2D eigenvalue weighted by atomic mass is 10.1. The number of Topliss-reactive ketones (excluding diaryl/α,β-unsaturated/α-hetero) is 2. The molecule has 2 atom stereocenters. The highest BCUT2D eigenvalue weighted by molar-refractivity contribution is 6.46. The number of carbonyl (C=O) groups is 6. The van der Waals surface area contributed by atoms with Crippen molar-refractivity contribution >= 4 is 162 Å². The van der Waals surface area contributed by atoms with Crippen molar-refractivity contribution in [3.8, 4) is 0 Å². The fraction of sp³-hybridized carbons (Fsp3) is 0.100. The van der Waals surface area contributed by atoms with E-state index >= 15 is 0 Å². The van der Waals surface area contributed by atoms with Crippen molar-refractivity contribution in [2.75, 3.05) is 21.3 Å². The molecule has 0 aliphatic rings. The number of ketones is 2. The summed E-state index contributed by atoms with van der Waals surface area (Å²) in [6.07, 6.45) is 0. The molecule has 22 heteroatoms. The predicted octanol–water partition coefficient (Wildman–Crippen LogP) is 12.8. The summed E-state index contributed by atoms with van der Waals surface area (Å²) < 4.78 is 0. The van der Waals surface area contributed by atoms with Gasteiger partial charge in [0.15, 0.2) is 11.6 Å². The minimum absolute atomic E-state index is 0.0351. The summed E-state index contributed by atoms with van der Waals surface area (Å²) >= 11 is 49.5. The second-order valence-corrected chi connectivity index (χ2v) is 16.1. The van der Waals surface area contributed by atoms with Crippen LogP contribution in [0.15, 0.2) is 105 Å². The summed E-state index contributed by atoms with van der Waals surface area (Å²) in [5.41, 5.74) is 0.621. The largest absolute Gasteiger partial charge is 0.322 e. The first-order valence-corrected chi connectivity index (χ1v) is 20.4. The molecule has 2 unspecified atom stereocenters. The van der Waals surface area contributed by atoms with E-state index < -0.39 is 47.3 Å². The maximum Gasteiger partial charge on any atom is 0.258 e. The highest BCUT2D eigenvalue weighted by Crippen LogP contribution is 2.37. The predicted molar refractivity (Wildman–Crippen MR) is 243 cm³/mol. The van der Waals surface area contributed by atoms with Crippen LogP contribution in [-0.4, -0.2) is 47.3 Å². The van der Waals surface area contributed by atoms with Gasteiger partial charge in [0.25, 0.3) is 23.6 Å². The Balaban J connectivity index is 1.27. The van der Waals surface area contributed by atoms with Gasteiger partial charge in [-0.05, 0) is 98.8 Å². The molecule has 0 bridgehead atoms. The first kappa shape index (κ1) is 47.9. The first-order chi connectivity index (χ1) is 29.3. The smallest absolute Gasteiger partial charge is 0.258 e. The van der Waals surface area contributed by atoms with Gasteiger partial charge in [0, 0.05) is 42.6 Å². The molecule has 14 nitrogen and oxygen atoms in total. The minimum atomic E-state index is -1.71. The molecule has 4 N–H and O–H groups in total. The van der Waals surface area contributed by atoms with Crippen molar-refractivity contribution in [1.29, 1.82) is 0 Å². The molecule has 0 aliphatic heterocycles. The molecular weight excluding hydrogens is 972 g/mol. The average Bonchev–Trinajstić information content (AvgIpc) is 3.18. The second kappa shape index (κ2) is 21.3. The molecule has 0 saturated carbocycles. The molecule has 0 fully saturated rings. The van der Waals surface area contributed by atoms with Crippen LogP contribution in [0, 0.1) is 0 Å². The van der Waals surface area contributed by atoms with Gasteiger partial charge in [-0.25, -0.2) is 0 Å². The molecule has 0 spiro atoms. The Morgan fingerprint density at radius 3 is 1.11 bits per heavy atom. The van der Waals surface area contributed by atoms with Gasteiger partial charge in [-0.2, -0.15) is 20.5 Å². The van der Waals surface area contributed by atoms with E-state index in [4.69, 9.17) is 92.8 Å². The number of halogens is 8. The lowest BCUT2D eigenvalue weighted by Crippen LogP contribution is -2.32. The zero-order valence-electron chi connectivity index (χ0n) is 31.5. The van der Waals surface area contributed by atoms with Gasteiger partial charge in [-0.15, -0.1) is 0 Å². The Morgan fingerprint density at radius 2 is 0.790 bits per heavy atom. The number of benzene rings is 5. The van der Waals surface area contributed by atoms with Gasteiger partial charge >= 0.3 is 0 Å². The van der Waals surface area contributed by atoms with Crippen molar-refractivity contribution in [3.05, 3.63) is 136 Å². The summed E-state index contributed by atoms with van der Waals surface area (Å²) in [6.45, 7) is 2.20. The Bertz CT molecular complexity index is 2490. The second-order valence-electron chi connectivity index (χ2n) is 12.8. The van der Waals surface area contributed by atoms with Crippen LogP contribution < -0.4 is 21.3 Å². The third kappa shape index (κ3) is 12.7. The van der Waals surface area contributed by atoms with Crippen LogP contribution in [0.3, 0.4) is 0 Å². The number of rotatable bonds is 14. The van der Waals surface area contributed by atoms with E-state index in [0.717, 1.165) is 13.8 Å². The van der Waals surface area contributed by atoms with Gasteiger partial charge in [0.2, 0.25) is 12.1 Å². The van der Waals surface area contributed by atoms with E-state index in [0.29, 0.717) is 31.5 Å². The molecule has 4 amide bonds. The molecule has 0 saturated heterocycles. The van der Waals surface area contributed by atoms with Crippen LogP contribution in [-0.2, 0) is 19.2 Å². The highest BCUT2D eigenvalue weighted by Gasteiger charge is 2.27. The number of anilines is 4. The summed E-state index contributed by atoms with van der Waals surface area (Å²) in [4.78, 5) is 77.5. The maximum absolute atomic E-state index is 13.3. The molecule has 0 aliphatic carbocycles. The van der Waals surface area contributed by atoms with Crippen LogP contribution in [0.5, 0.6) is 0 Å². The zero-order valence-corrected chi connectivity index (χ0v) is 37.5. The quantitative estimate of drug-likeness (QED) is 0.0630. The van der Waals surface area contributed by atoms with Crippen molar-refractivity contribution < 1.29 is 28.8 Å². The van der Waals surface area contributed by atoms with E-state index in [2.05, 4.69) is 41.7 Å². The number of amides is 4. The lowest BCUT2D eigenvalue weighted by Gasteiger charge is -2.15. The number of nitrogens with one attached hydrogen (secondary N) is 4. The Labute approximate surface area is 392 Å². The molecule has 0 aromatic heterocycles. The summed E-state index contributed by atoms with van der Waals surface area (Å²) in [6, 6.07) is 16.2. The van der Waals surface area contributed by atoms with E-state index in [1.54, 1.807) is 0 Å². The Morgan fingerprint density at radius 1 is 0.452 bits per heavy atom. The molecule has 0 radical (unpaired) electrons. The highest BCUT2D eigenvalue weighted by atomic mass is 35.5. The van der Waals surface area contributed by atoms with E-state index in [1.807, 2.05) is 0 Å². The van der Waals surface area contributed by atoms with Gasteiger partial charge in [-0.3, -0.25) is 28.8 Å². The van der Waals surface area contributed by atoms with Crippen LogP contribution in [0.25, 0.3) is 0 Å². The normalized spacial score (nSPS) is 12.2. The number of hydrogen-bond acceptors (Lipinski definition) is 10. The van der Waals surface area contributed by atoms with Crippen LogP contribution in [0.2, 0.25) is 40.2 Å². The van der Waals surface area contributed by atoms with Gasteiger partial charge in [-0.1, -0.05) is 92.8 Å². The average molecular weight is 998 g/mol. The van der Waals surface area contributed by atoms with Gasteiger partial charge < -0.3 is 21.3 Å². The minimum Gasteiger partial charge on any atom is -0.322 e. The molecule has 5 rings (SSSR count). The molecule has 62 heavy (non-hydrogen) atoms. The first-order valence-electron chi connectivity index (χ1n) is 17.4. The molecule has 318 valence electrons. The van der Waals surface area contributed by atoms with Crippen LogP contribution in [0.1, 0.15) is 34.6 Å². The van der Waals surface area contributed by atoms with Crippen LogP contribution in [0.4, 0.5) is 34.1 Å². The van der Waals surface area contributed by atoms with Crippen molar-refractivity contribution in [3.63, 3.8) is 0 Å². The Kier molecular flexibility index (Phi) is 16.4. The van der Waals surface area contributed by atoms with Crippen molar-refractivity contribution in [2.24, 2.45) is 20.5 Å². The maximum atomic E-state index is 13.3. The topological polar surface area (TPSA) is 200 Å². The number of nitrogens with zero attached hydrogens (tertiary/aromatic N) is 4. The molecule has 5 aromatic rings. The fourth-order valence-corrected chi connectivity index (χ4v) is 6.93. The van der Waals surface area contributed by atoms with E-state index in [9.17, 15) is 28.8 Å². The lowest BCUT2D eigenvalue weighted by molar-refractivity contribution is -0.127. The third-order valence-corrected chi connectivity index (χ3v) is 10.5. The van der Waals surface area contributed by atoms with Crippen LogP contribution >= 0.6 is 92.8 Å². The number of hydrogen-bond donors (Lipinski definition) is 4. The fourth-order valence-electron chi connectivity index (χ4n) is 5.14. The molecular formula is C40H26Cl8N8O6. The number of azo groups is 2. The zero-order chi connectivity index (χ0) is 45.4. The summed E-state index contributed by atoms with van der Waals surface area (Å²) in [5.74, 6) is -4.51.